The van der Waals surface area contributed by atoms with Crippen molar-refractivity contribution in [1.29, 1.82) is 0 Å². The Kier molecular flexibility index (Phi) is 19.0. The van der Waals surface area contributed by atoms with Crippen LogP contribution in [-0.4, -0.2) is 34.2 Å². The predicted molar refractivity (Wildman–Crippen MR) is 120 cm³/mol. The summed E-state index contributed by atoms with van der Waals surface area (Å²) in [7, 11) is 0. The summed E-state index contributed by atoms with van der Waals surface area (Å²) in [5.74, 6) is -1.43. The molecule has 0 aliphatic carbocycles. The topological polar surface area (TPSA) is 86.6 Å². The summed E-state index contributed by atoms with van der Waals surface area (Å²) >= 11 is 0. The smallest absolute Gasteiger partial charge is 0.328 e. The summed E-state index contributed by atoms with van der Waals surface area (Å²) in [4.78, 5) is 22.8. The highest BCUT2D eigenvalue weighted by Crippen LogP contribution is 2.13. The number of hydrogen-bond acceptors (Lipinski definition) is 3. The van der Waals surface area contributed by atoms with Gasteiger partial charge in [0.25, 0.3) is 0 Å². The number of rotatable bonds is 20. The van der Waals surface area contributed by atoms with E-state index in [1.807, 2.05) is 6.92 Å². The maximum atomic E-state index is 12.2. The molecule has 170 valence electrons. The third-order valence-corrected chi connectivity index (χ3v) is 5.30. The number of hydrogen-bond donors (Lipinski definition) is 3. The first-order valence-corrected chi connectivity index (χ1v) is 11.9. The van der Waals surface area contributed by atoms with Crippen LogP contribution in [0, 0.1) is 0 Å². The molecular weight excluding hydrogens is 366 g/mol. The van der Waals surface area contributed by atoms with Crippen molar-refractivity contribution in [2.75, 3.05) is 0 Å². The largest absolute Gasteiger partial charge is 0.478 e. The fourth-order valence-corrected chi connectivity index (χ4v) is 3.43. The zero-order valence-electron chi connectivity index (χ0n) is 18.8. The lowest BCUT2D eigenvalue weighted by molar-refractivity contribution is -0.132. The van der Waals surface area contributed by atoms with E-state index in [1.165, 1.54) is 63.9 Å². The van der Waals surface area contributed by atoms with Gasteiger partial charge in [-0.2, -0.15) is 0 Å². The molecule has 1 amide bonds. The summed E-state index contributed by atoms with van der Waals surface area (Å²) < 4.78 is 0. The van der Waals surface area contributed by atoms with E-state index < -0.39 is 18.0 Å². The molecule has 0 aromatic heterocycles. The lowest BCUT2D eigenvalue weighted by Crippen LogP contribution is -2.40. The average molecular weight is 412 g/mol. The second-order valence-corrected chi connectivity index (χ2v) is 8.15. The van der Waals surface area contributed by atoms with Crippen LogP contribution in [0.4, 0.5) is 0 Å². The van der Waals surface area contributed by atoms with Crippen LogP contribution in [0.25, 0.3) is 0 Å². The van der Waals surface area contributed by atoms with Gasteiger partial charge in [-0.15, -0.1) is 0 Å². The normalized spacial score (nSPS) is 13.5. The Morgan fingerprint density at radius 2 is 1.24 bits per heavy atom. The van der Waals surface area contributed by atoms with Gasteiger partial charge in [0, 0.05) is 12.1 Å². The molecule has 0 bridgehead atoms. The Balaban J connectivity index is 3.79. The van der Waals surface area contributed by atoms with Gasteiger partial charge in [-0.3, -0.25) is 4.79 Å². The molecule has 3 N–H and O–H groups in total. The molecule has 5 heteroatoms. The van der Waals surface area contributed by atoms with Crippen LogP contribution in [0.2, 0.25) is 0 Å². The van der Waals surface area contributed by atoms with Gasteiger partial charge in [0.15, 0.2) is 0 Å². The molecule has 0 aliphatic rings. The van der Waals surface area contributed by atoms with Crippen molar-refractivity contribution in [2.45, 2.75) is 129 Å². The van der Waals surface area contributed by atoms with Crippen molar-refractivity contribution < 1.29 is 19.8 Å². The lowest BCUT2D eigenvalue weighted by Gasteiger charge is -2.17. The minimum absolute atomic E-state index is 0.338. The molecule has 2 atom stereocenters. The highest BCUT2D eigenvalue weighted by atomic mass is 16.4. The molecule has 0 aromatic rings. The summed E-state index contributed by atoms with van der Waals surface area (Å²) in [5, 5.41) is 21.6. The molecule has 5 nitrogen and oxygen atoms in total. The van der Waals surface area contributed by atoms with Crippen molar-refractivity contribution in [3.05, 3.63) is 12.2 Å². The first-order valence-electron chi connectivity index (χ1n) is 11.9. The van der Waals surface area contributed by atoms with Crippen molar-refractivity contribution in [2.24, 2.45) is 0 Å². The van der Waals surface area contributed by atoms with Crippen LogP contribution in [0.15, 0.2) is 12.2 Å². The van der Waals surface area contributed by atoms with Crippen molar-refractivity contribution >= 4 is 11.9 Å². The molecule has 0 radical (unpaired) electrons. The number of nitrogens with one attached hydrogen (secondary N) is 1. The number of carboxylic acids is 1. The predicted octanol–water partition coefficient (Wildman–Crippen LogP) is 5.75. The highest BCUT2D eigenvalue weighted by Gasteiger charge is 2.17. The third kappa shape index (κ3) is 18.4. The number of unbranched alkanes of at least 4 members (excludes halogenated alkanes) is 12. The summed E-state index contributed by atoms with van der Waals surface area (Å²) in [6, 6.07) is -0.338. The van der Waals surface area contributed by atoms with Gasteiger partial charge >= 0.3 is 5.97 Å². The number of aliphatic carboxylic acids is 1. The molecule has 0 spiro atoms. The van der Waals surface area contributed by atoms with Gasteiger partial charge in [0.1, 0.15) is 6.10 Å². The quantitative estimate of drug-likeness (QED) is 0.176. The van der Waals surface area contributed by atoms with E-state index in [1.54, 1.807) is 0 Å². The molecular formula is C24H45NO4. The van der Waals surface area contributed by atoms with Crippen molar-refractivity contribution in [3.8, 4) is 0 Å². The molecule has 29 heavy (non-hydrogen) atoms. The fraction of sp³-hybridized carbons (Fsp3) is 0.833. The molecule has 0 saturated heterocycles. The number of carbonyl (C=O) groups excluding carboxylic acids is 1. The van der Waals surface area contributed by atoms with Gasteiger partial charge in [0.05, 0.1) is 0 Å². The molecule has 1 unspecified atom stereocenters. The van der Waals surface area contributed by atoms with E-state index in [0.717, 1.165) is 38.2 Å². The fourth-order valence-electron chi connectivity index (χ4n) is 3.43. The summed E-state index contributed by atoms with van der Waals surface area (Å²) in [6.45, 7) is 4.29. The van der Waals surface area contributed by atoms with Crippen LogP contribution in [-0.2, 0) is 9.59 Å². The van der Waals surface area contributed by atoms with Gasteiger partial charge in [-0.05, 0) is 12.8 Å². The van der Waals surface area contributed by atoms with E-state index in [4.69, 9.17) is 5.11 Å². The number of aliphatic hydroxyl groups is 1. The SMILES string of the molecule is CCCCCCCCCCCCCCC(O)C(=O)N[C@H](/C=C/C(=O)O)CCCC. The maximum absolute atomic E-state index is 12.2. The molecule has 0 saturated carbocycles. The number of amides is 1. The zero-order valence-corrected chi connectivity index (χ0v) is 18.8. The van der Waals surface area contributed by atoms with Crippen molar-refractivity contribution in [1.82, 2.24) is 5.32 Å². The summed E-state index contributed by atoms with van der Waals surface area (Å²) in [5.41, 5.74) is 0. The van der Waals surface area contributed by atoms with Crippen LogP contribution in [0.1, 0.15) is 117 Å². The second kappa shape index (κ2) is 19.9. The summed E-state index contributed by atoms with van der Waals surface area (Å²) in [6.07, 6.45) is 19.5. The van der Waals surface area contributed by atoms with E-state index in [-0.39, 0.29) is 6.04 Å². The van der Waals surface area contributed by atoms with Crippen LogP contribution in [0.5, 0.6) is 0 Å². The van der Waals surface area contributed by atoms with E-state index in [2.05, 4.69) is 12.2 Å². The number of carboxylic acid groups (broad SMARTS) is 1. The Hall–Kier alpha value is -1.36. The van der Waals surface area contributed by atoms with Crippen LogP contribution in [0.3, 0.4) is 0 Å². The van der Waals surface area contributed by atoms with Crippen molar-refractivity contribution in [3.63, 3.8) is 0 Å². The highest BCUT2D eigenvalue weighted by molar-refractivity contribution is 5.82. The van der Waals surface area contributed by atoms with Gasteiger partial charge in [-0.1, -0.05) is 110 Å². The molecule has 0 heterocycles. The molecule has 0 aliphatic heterocycles. The minimum Gasteiger partial charge on any atom is -0.478 e. The Labute approximate surface area is 178 Å². The first kappa shape index (κ1) is 27.6. The van der Waals surface area contributed by atoms with Crippen LogP contribution < -0.4 is 5.32 Å². The van der Waals surface area contributed by atoms with Gasteiger partial charge in [0.2, 0.25) is 5.91 Å². The van der Waals surface area contributed by atoms with E-state index >= 15 is 0 Å². The Morgan fingerprint density at radius 3 is 1.72 bits per heavy atom. The van der Waals surface area contributed by atoms with Gasteiger partial charge in [-0.25, -0.2) is 4.79 Å². The van der Waals surface area contributed by atoms with E-state index in [9.17, 15) is 14.7 Å². The molecule has 0 aromatic carbocycles. The molecule has 0 fully saturated rings. The number of aliphatic hydroxyl groups excluding tert-OH is 1. The lowest BCUT2D eigenvalue weighted by atomic mass is 10.0. The first-order chi connectivity index (χ1) is 14.0. The Morgan fingerprint density at radius 1 is 0.759 bits per heavy atom. The minimum atomic E-state index is -1.03. The maximum Gasteiger partial charge on any atom is 0.328 e. The molecule has 0 rings (SSSR count). The Bertz CT molecular complexity index is 437. The zero-order chi connectivity index (χ0) is 21.7. The standard InChI is InChI=1S/C24H45NO4/c1-3-5-7-8-9-10-11-12-13-14-15-16-18-22(26)24(29)25-21(17-6-4-2)19-20-23(27)28/h19-22,26H,3-18H2,1-2H3,(H,25,29)(H,27,28)/b20-19+/t21-,22?/m0/s1. The van der Waals surface area contributed by atoms with Gasteiger partial charge < -0.3 is 15.5 Å². The van der Waals surface area contributed by atoms with Crippen LogP contribution >= 0.6 is 0 Å². The third-order valence-electron chi connectivity index (χ3n) is 5.30. The second-order valence-electron chi connectivity index (χ2n) is 8.15. The number of carbonyl (C=O) groups is 2. The average Bonchev–Trinajstić information content (AvgIpc) is 2.70. The monoisotopic (exact) mass is 411 g/mol. The van der Waals surface area contributed by atoms with E-state index in [0.29, 0.717) is 12.8 Å².